The maximum Gasteiger partial charge on any atom is 0.373 e. The van der Waals surface area contributed by atoms with Gasteiger partial charge >= 0.3 is 6.15 Å². The first-order valence-corrected chi connectivity index (χ1v) is 2.68. The van der Waals surface area contributed by atoms with E-state index in [0.29, 0.717) is 0 Å². The van der Waals surface area contributed by atoms with Gasteiger partial charge in [-0.1, -0.05) is 46.4 Å². The number of hydrogen-bond donors (Lipinski definition) is 0. The van der Waals surface area contributed by atoms with Crippen LogP contribution < -0.4 is 0 Å². The minimum absolute atomic E-state index is 0.250. The van der Waals surface area contributed by atoms with Crippen LogP contribution in [0, 0.1) is 0 Å². The highest BCUT2D eigenvalue weighted by molar-refractivity contribution is 6.83. The van der Waals surface area contributed by atoms with Crippen molar-refractivity contribution in [3.8, 4) is 0 Å². The first kappa shape index (κ1) is 11.4. The van der Waals surface area contributed by atoms with Crippen molar-refractivity contribution >= 4 is 52.6 Å². The van der Waals surface area contributed by atoms with Gasteiger partial charge in [0.05, 0.1) is 0 Å². The summed E-state index contributed by atoms with van der Waals surface area (Å²) in [6.07, 6.45) is 0.250. The number of rotatable bonds is 0. The molecule has 0 radical (unpaired) electrons. The van der Waals surface area contributed by atoms with E-state index in [1.54, 1.807) is 0 Å². The molecule has 0 aliphatic carbocycles. The van der Waals surface area contributed by atoms with Gasteiger partial charge in [0.15, 0.2) is 0 Å². The average molecular weight is 198 g/mol. The summed E-state index contributed by atoms with van der Waals surface area (Å²) in [6, 6.07) is 0. The van der Waals surface area contributed by atoms with Gasteiger partial charge in [-0.2, -0.15) is 9.59 Å². The molecule has 0 aliphatic rings. The summed E-state index contributed by atoms with van der Waals surface area (Å²) in [7, 11) is 0. The van der Waals surface area contributed by atoms with Crippen LogP contribution in [0.25, 0.3) is 0 Å². The lowest BCUT2D eigenvalue weighted by Gasteiger charge is -1.91. The van der Waals surface area contributed by atoms with Crippen LogP contribution in [0.5, 0.6) is 0 Å². The Balaban J connectivity index is 0. The Morgan fingerprint density at radius 3 is 1.00 bits per heavy atom. The zero-order valence-corrected chi connectivity index (χ0v) is 6.35. The van der Waals surface area contributed by atoms with Crippen LogP contribution in [0.3, 0.4) is 0 Å². The van der Waals surface area contributed by atoms with Crippen molar-refractivity contribution in [2.75, 3.05) is 0 Å². The zero-order chi connectivity index (χ0) is 7.21. The van der Waals surface area contributed by atoms with Crippen molar-refractivity contribution in [3.63, 3.8) is 0 Å². The molecule has 0 aromatic heterocycles. The van der Waals surface area contributed by atoms with Crippen LogP contribution in [0.1, 0.15) is 0 Å². The van der Waals surface area contributed by atoms with Gasteiger partial charge in [0.1, 0.15) is 0 Å². The molecule has 48 valence electrons. The summed E-state index contributed by atoms with van der Waals surface area (Å²) < 4.78 is -1.61. The smallest absolute Gasteiger partial charge is 0.186 e. The molecule has 0 spiro atoms. The Morgan fingerprint density at radius 1 is 1.00 bits per heavy atom. The summed E-state index contributed by atoms with van der Waals surface area (Å²) >= 11 is 19.3. The molecule has 0 amide bonds. The number of carbonyl (C=O) groups excluding carboxylic acids is 2. The van der Waals surface area contributed by atoms with E-state index in [9.17, 15) is 0 Å². The minimum atomic E-state index is -1.61. The van der Waals surface area contributed by atoms with E-state index in [1.165, 1.54) is 0 Å². The van der Waals surface area contributed by atoms with E-state index in [1.807, 2.05) is 0 Å². The standard InChI is InChI=1S/CCl4.CO2/c2-1(3,4)5;2-1-3. The number of halogens is 4. The Morgan fingerprint density at radius 2 is 1.00 bits per heavy atom. The maximum absolute atomic E-state index is 8.12. The van der Waals surface area contributed by atoms with Gasteiger partial charge < -0.3 is 0 Å². The van der Waals surface area contributed by atoms with Crippen molar-refractivity contribution in [2.24, 2.45) is 0 Å². The van der Waals surface area contributed by atoms with E-state index in [2.05, 4.69) is 0 Å². The fourth-order valence-corrected chi connectivity index (χ4v) is 0. The molecule has 0 aromatic rings. The lowest BCUT2D eigenvalue weighted by atomic mass is 11.8. The second-order valence-electron chi connectivity index (χ2n) is 0.512. The molecule has 0 saturated heterocycles. The molecule has 2 nitrogen and oxygen atoms in total. The van der Waals surface area contributed by atoms with Crippen molar-refractivity contribution in [2.45, 2.75) is 3.25 Å². The number of alkyl halides is 4. The molecule has 0 N–H and O–H groups in total. The van der Waals surface area contributed by atoms with Crippen LogP contribution in [0.15, 0.2) is 0 Å². The zero-order valence-electron chi connectivity index (χ0n) is 3.33. The first-order valence-electron chi connectivity index (χ1n) is 1.16. The topological polar surface area (TPSA) is 34.1 Å². The van der Waals surface area contributed by atoms with Crippen molar-refractivity contribution < 1.29 is 9.59 Å². The fraction of sp³-hybridized carbons (Fsp3) is 0.500. The summed E-state index contributed by atoms with van der Waals surface area (Å²) in [4.78, 5) is 16.2. The first-order chi connectivity index (χ1) is 3.41. The largest absolute Gasteiger partial charge is 0.373 e. The molecular formula is C2Cl4O2. The van der Waals surface area contributed by atoms with Crippen LogP contribution in [-0.4, -0.2) is 9.40 Å². The molecular weight excluding hydrogens is 198 g/mol. The minimum Gasteiger partial charge on any atom is -0.186 e. The molecule has 0 saturated carbocycles. The highest BCUT2D eigenvalue weighted by Crippen LogP contribution is 2.29. The predicted octanol–water partition coefficient (Wildman–Crippen LogP) is 1.97. The predicted molar refractivity (Wildman–Crippen MR) is 31.1 cm³/mol. The van der Waals surface area contributed by atoms with Gasteiger partial charge in [-0.15, -0.1) is 0 Å². The highest BCUT2D eigenvalue weighted by atomic mass is 35.6. The third-order valence-corrected chi connectivity index (χ3v) is 0. The second kappa shape index (κ2) is 5.67. The molecule has 0 bridgehead atoms. The lowest BCUT2D eigenvalue weighted by Crippen LogP contribution is -1.81. The van der Waals surface area contributed by atoms with E-state index >= 15 is 0 Å². The molecule has 8 heavy (non-hydrogen) atoms. The van der Waals surface area contributed by atoms with E-state index in [4.69, 9.17) is 56.0 Å². The highest BCUT2D eigenvalue weighted by Gasteiger charge is 2.11. The van der Waals surface area contributed by atoms with Crippen molar-refractivity contribution in [1.82, 2.24) is 0 Å². The van der Waals surface area contributed by atoms with Crippen LogP contribution in [0.4, 0.5) is 0 Å². The molecule has 0 heterocycles. The second-order valence-corrected chi connectivity index (χ2v) is 3.94. The van der Waals surface area contributed by atoms with Gasteiger partial charge in [-0.3, -0.25) is 0 Å². The van der Waals surface area contributed by atoms with Crippen LogP contribution in [0.2, 0.25) is 0 Å². The van der Waals surface area contributed by atoms with Gasteiger partial charge in [0.25, 0.3) is 3.25 Å². The summed E-state index contributed by atoms with van der Waals surface area (Å²) in [5, 5.41) is 0. The van der Waals surface area contributed by atoms with Gasteiger partial charge in [-0.05, 0) is 0 Å². The third kappa shape index (κ3) is 688. The summed E-state index contributed by atoms with van der Waals surface area (Å²) in [5.41, 5.74) is 0. The Kier molecular flexibility index (Phi) is 8.05. The normalized spacial score (nSPS) is 8.50. The quantitative estimate of drug-likeness (QED) is 0.557. The molecule has 0 rings (SSSR count). The Hall–Kier alpha value is 0.540. The SMILES string of the molecule is ClC(Cl)(Cl)Cl.O=C=O. The Labute approximate surface area is 65.6 Å². The average Bonchev–Trinajstić information content (AvgIpc) is 1.27. The van der Waals surface area contributed by atoms with E-state index in [-0.39, 0.29) is 6.15 Å². The Bertz CT molecular complexity index is 72.5. The van der Waals surface area contributed by atoms with Gasteiger partial charge in [0.2, 0.25) is 0 Å². The van der Waals surface area contributed by atoms with Crippen molar-refractivity contribution in [1.29, 1.82) is 0 Å². The van der Waals surface area contributed by atoms with Crippen molar-refractivity contribution in [3.05, 3.63) is 0 Å². The third-order valence-electron chi connectivity index (χ3n) is 0. The lowest BCUT2D eigenvalue weighted by molar-refractivity contribution is -0.191. The molecule has 0 unspecified atom stereocenters. The maximum atomic E-state index is 8.12. The van der Waals surface area contributed by atoms with E-state index in [0.717, 1.165) is 0 Å². The van der Waals surface area contributed by atoms with Crippen LogP contribution in [-0.2, 0) is 9.59 Å². The molecule has 0 aliphatic heterocycles. The van der Waals surface area contributed by atoms with Gasteiger partial charge in [0, 0.05) is 0 Å². The summed E-state index contributed by atoms with van der Waals surface area (Å²) in [6.45, 7) is 0. The van der Waals surface area contributed by atoms with E-state index < -0.39 is 3.25 Å². The molecule has 0 atom stereocenters. The molecule has 6 heteroatoms. The fourth-order valence-electron chi connectivity index (χ4n) is 0. The summed E-state index contributed by atoms with van der Waals surface area (Å²) in [5.74, 6) is 0. The molecule has 0 fully saturated rings. The van der Waals surface area contributed by atoms with Crippen LogP contribution >= 0.6 is 46.4 Å². The monoisotopic (exact) mass is 196 g/mol. The molecule has 0 aromatic carbocycles. The van der Waals surface area contributed by atoms with Gasteiger partial charge in [-0.25, -0.2) is 0 Å². The number of hydrogen-bond acceptors (Lipinski definition) is 2.